The lowest BCUT2D eigenvalue weighted by atomic mass is 9.79. The van der Waals surface area contributed by atoms with Gasteiger partial charge in [-0.2, -0.15) is 0 Å². The molecule has 1 aromatic rings. The smallest absolute Gasteiger partial charge is 0.117 e. The Morgan fingerprint density at radius 2 is 2.27 bits per heavy atom. The Morgan fingerprint density at radius 3 is 2.93 bits per heavy atom. The summed E-state index contributed by atoms with van der Waals surface area (Å²) in [5.41, 5.74) is 2.58. The van der Waals surface area contributed by atoms with Gasteiger partial charge in [-0.15, -0.1) is 0 Å². The standard InChI is InChI=1S/C13H19NO/c1-4-13(3)8-9(2)11-6-5-10(15)7-12(11)14-13/h5-7,9,14-15H,4,8H2,1-3H3. The third-order valence-electron chi connectivity index (χ3n) is 3.54. The number of benzene rings is 1. The van der Waals surface area contributed by atoms with Crippen LogP contribution >= 0.6 is 0 Å². The average molecular weight is 205 g/mol. The van der Waals surface area contributed by atoms with Crippen LogP contribution in [0.4, 0.5) is 5.69 Å². The van der Waals surface area contributed by atoms with E-state index in [0.29, 0.717) is 11.7 Å². The second kappa shape index (κ2) is 3.44. The summed E-state index contributed by atoms with van der Waals surface area (Å²) in [6, 6.07) is 5.63. The molecule has 2 heteroatoms. The van der Waals surface area contributed by atoms with Gasteiger partial charge >= 0.3 is 0 Å². The Kier molecular flexibility index (Phi) is 2.37. The molecule has 0 aliphatic carbocycles. The van der Waals surface area contributed by atoms with Gasteiger partial charge in [0.25, 0.3) is 0 Å². The fourth-order valence-corrected chi connectivity index (χ4v) is 2.48. The maximum absolute atomic E-state index is 9.48. The van der Waals surface area contributed by atoms with Gasteiger partial charge in [-0.3, -0.25) is 0 Å². The first-order chi connectivity index (χ1) is 7.04. The van der Waals surface area contributed by atoms with Gasteiger partial charge in [0.2, 0.25) is 0 Å². The summed E-state index contributed by atoms with van der Waals surface area (Å²) < 4.78 is 0. The molecule has 0 bridgehead atoms. The minimum atomic E-state index is 0.167. The van der Waals surface area contributed by atoms with Crippen molar-refractivity contribution in [3.63, 3.8) is 0 Å². The summed E-state index contributed by atoms with van der Waals surface area (Å²) >= 11 is 0. The summed E-state index contributed by atoms with van der Waals surface area (Å²) in [5, 5.41) is 13.0. The topological polar surface area (TPSA) is 32.3 Å². The van der Waals surface area contributed by atoms with Crippen LogP contribution in [-0.4, -0.2) is 10.6 Å². The van der Waals surface area contributed by atoms with Gasteiger partial charge in [0, 0.05) is 17.3 Å². The van der Waals surface area contributed by atoms with Gasteiger partial charge in [0.1, 0.15) is 5.75 Å². The second-order valence-corrected chi connectivity index (χ2v) is 4.92. The maximum Gasteiger partial charge on any atom is 0.117 e. The first-order valence-electron chi connectivity index (χ1n) is 5.65. The number of fused-ring (bicyclic) bond motifs is 1. The lowest BCUT2D eigenvalue weighted by Crippen LogP contribution is -2.39. The number of anilines is 1. The van der Waals surface area contributed by atoms with Crippen LogP contribution in [-0.2, 0) is 0 Å². The third-order valence-corrected chi connectivity index (χ3v) is 3.54. The molecular weight excluding hydrogens is 186 g/mol. The highest BCUT2D eigenvalue weighted by atomic mass is 16.3. The highest BCUT2D eigenvalue weighted by Crippen LogP contribution is 2.41. The minimum absolute atomic E-state index is 0.167. The monoisotopic (exact) mass is 205 g/mol. The summed E-state index contributed by atoms with van der Waals surface area (Å²) in [7, 11) is 0. The molecule has 1 heterocycles. The van der Waals surface area contributed by atoms with E-state index in [1.54, 1.807) is 6.07 Å². The van der Waals surface area contributed by atoms with Crippen molar-refractivity contribution in [2.24, 2.45) is 0 Å². The minimum Gasteiger partial charge on any atom is -0.508 e. The van der Waals surface area contributed by atoms with Crippen molar-refractivity contribution in [3.8, 4) is 5.75 Å². The van der Waals surface area contributed by atoms with Crippen LogP contribution < -0.4 is 5.32 Å². The van der Waals surface area contributed by atoms with E-state index >= 15 is 0 Å². The van der Waals surface area contributed by atoms with Crippen molar-refractivity contribution in [2.45, 2.75) is 45.1 Å². The van der Waals surface area contributed by atoms with E-state index < -0.39 is 0 Å². The highest BCUT2D eigenvalue weighted by molar-refractivity contribution is 5.59. The third kappa shape index (κ3) is 1.81. The molecule has 0 fully saturated rings. The number of phenols is 1. The van der Waals surface area contributed by atoms with Gasteiger partial charge < -0.3 is 10.4 Å². The molecule has 15 heavy (non-hydrogen) atoms. The zero-order valence-electron chi connectivity index (χ0n) is 9.67. The molecule has 2 nitrogen and oxygen atoms in total. The largest absolute Gasteiger partial charge is 0.508 e. The van der Waals surface area contributed by atoms with Gasteiger partial charge in [-0.25, -0.2) is 0 Å². The van der Waals surface area contributed by atoms with Crippen LogP contribution in [0.3, 0.4) is 0 Å². The molecule has 82 valence electrons. The zero-order chi connectivity index (χ0) is 11.1. The fourth-order valence-electron chi connectivity index (χ4n) is 2.48. The summed E-state index contributed by atoms with van der Waals surface area (Å²) in [5.74, 6) is 0.903. The number of rotatable bonds is 1. The lowest BCUT2D eigenvalue weighted by Gasteiger charge is -2.39. The molecule has 0 saturated heterocycles. The number of hydrogen-bond donors (Lipinski definition) is 2. The van der Waals surface area contributed by atoms with Crippen molar-refractivity contribution < 1.29 is 5.11 Å². The van der Waals surface area contributed by atoms with Crippen molar-refractivity contribution in [1.82, 2.24) is 0 Å². The van der Waals surface area contributed by atoms with Gasteiger partial charge in [0.05, 0.1) is 0 Å². The van der Waals surface area contributed by atoms with E-state index in [1.807, 2.05) is 12.1 Å². The molecule has 2 N–H and O–H groups in total. The van der Waals surface area contributed by atoms with Crippen molar-refractivity contribution in [2.75, 3.05) is 5.32 Å². The van der Waals surface area contributed by atoms with Gasteiger partial charge in [-0.1, -0.05) is 19.9 Å². The predicted molar refractivity (Wildman–Crippen MR) is 63.5 cm³/mol. The molecule has 0 saturated carbocycles. The lowest BCUT2D eigenvalue weighted by molar-refractivity contribution is 0.405. The molecule has 0 amide bonds. The van der Waals surface area contributed by atoms with E-state index in [-0.39, 0.29) is 5.54 Å². The van der Waals surface area contributed by atoms with Crippen molar-refractivity contribution >= 4 is 5.69 Å². The molecule has 2 atom stereocenters. The number of aromatic hydroxyl groups is 1. The Bertz CT molecular complexity index is 375. The van der Waals surface area contributed by atoms with E-state index in [2.05, 4.69) is 26.1 Å². The Morgan fingerprint density at radius 1 is 1.53 bits per heavy atom. The van der Waals surface area contributed by atoms with E-state index in [1.165, 1.54) is 5.56 Å². The molecular formula is C13H19NO. The molecule has 0 aromatic heterocycles. The number of phenolic OH excluding ortho intramolecular Hbond substituents is 1. The Labute approximate surface area is 91.3 Å². The predicted octanol–water partition coefficient (Wildman–Crippen LogP) is 3.48. The van der Waals surface area contributed by atoms with E-state index in [4.69, 9.17) is 0 Å². The van der Waals surface area contributed by atoms with Crippen LogP contribution in [0.1, 0.15) is 45.1 Å². The van der Waals surface area contributed by atoms with E-state index in [9.17, 15) is 5.11 Å². The molecule has 2 unspecified atom stereocenters. The molecule has 0 spiro atoms. The summed E-state index contributed by atoms with van der Waals surface area (Å²) in [6.45, 7) is 6.70. The summed E-state index contributed by atoms with van der Waals surface area (Å²) in [6.07, 6.45) is 2.26. The average Bonchev–Trinajstić information content (AvgIpc) is 2.16. The first kappa shape index (κ1) is 10.3. The van der Waals surface area contributed by atoms with Crippen molar-refractivity contribution in [1.29, 1.82) is 0 Å². The quantitative estimate of drug-likeness (QED) is 0.735. The highest BCUT2D eigenvalue weighted by Gasteiger charge is 2.31. The second-order valence-electron chi connectivity index (χ2n) is 4.92. The van der Waals surface area contributed by atoms with Crippen LogP contribution in [0, 0.1) is 0 Å². The van der Waals surface area contributed by atoms with Crippen molar-refractivity contribution in [3.05, 3.63) is 23.8 Å². The normalized spacial score (nSPS) is 29.4. The van der Waals surface area contributed by atoms with Crippen LogP contribution in [0.15, 0.2) is 18.2 Å². The molecule has 2 rings (SSSR count). The van der Waals surface area contributed by atoms with Crippen LogP contribution in [0.25, 0.3) is 0 Å². The molecule has 1 aliphatic heterocycles. The SMILES string of the molecule is CCC1(C)CC(C)c2ccc(O)cc2N1. The zero-order valence-corrected chi connectivity index (χ0v) is 9.67. The van der Waals surface area contributed by atoms with E-state index in [0.717, 1.165) is 18.5 Å². The fraction of sp³-hybridized carbons (Fsp3) is 0.538. The maximum atomic E-state index is 9.48. The van der Waals surface area contributed by atoms with Crippen LogP contribution in [0.2, 0.25) is 0 Å². The van der Waals surface area contributed by atoms with Crippen LogP contribution in [0.5, 0.6) is 5.75 Å². The number of hydrogen-bond acceptors (Lipinski definition) is 2. The molecule has 1 aliphatic rings. The summed E-state index contributed by atoms with van der Waals surface area (Å²) in [4.78, 5) is 0. The Balaban J connectivity index is 2.41. The van der Waals surface area contributed by atoms with Gasteiger partial charge in [0.15, 0.2) is 0 Å². The number of nitrogens with one attached hydrogen (secondary N) is 1. The first-order valence-corrected chi connectivity index (χ1v) is 5.65. The Hall–Kier alpha value is -1.18. The molecule has 0 radical (unpaired) electrons. The molecule has 1 aromatic carbocycles. The van der Waals surface area contributed by atoms with Gasteiger partial charge in [-0.05, 0) is 37.3 Å².